The van der Waals surface area contributed by atoms with E-state index in [1.54, 1.807) is 30.3 Å². The van der Waals surface area contributed by atoms with Crippen molar-refractivity contribution >= 4 is 59.4 Å². The van der Waals surface area contributed by atoms with Crippen molar-refractivity contribution in [2.24, 2.45) is 0 Å². The smallest absolute Gasteiger partial charge is 0.264 e. The first-order valence-electron chi connectivity index (χ1n) is 15.9. The molecular formula is C37H39Br2N3O5S. The number of benzene rings is 4. The van der Waals surface area contributed by atoms with Gasteiger partial charge in [-0.1, -0.05) is 88.9 Å². The molecule has 48 heavy (non-hydrogen) atoms. The number of carbonyl (C=O) groups is 2. The van der Waals surface area contributed by atoms with Crippen LogP contribution in [0.1, 0.15) is 42.4 Å². The molecule has 252 valence electrons. The van der Waals surface area contributed by atoms with Crippen LogP contribution in [0, 0.1) is 6.92 Å². The molecule has 0 heterocycles. The minimum atomic E-state index is -4.25. The second kappa shape index (κ2) is 16.2. The number of anilines is 1. The number of sulfonamides is 1. The van der Waals surface area contributed by atoms with Gasteiger partial charge in [-0.05, 0) is 89.3 Å². The van der Waals surface area contributed by atoms with E-state index in [1.165, 1.54) is 24.1 Å². The molecule has 0 unspecified atom stereocenters. The van der Waals surface area contributed by atoms with Gasteiger partial charge in [-0.25, -0.2) is 8.42 Å². The standard InChI is InChI=1S/C37H39Br2N3O5S/c1-26-15-17-31(18-16-26)42(48(45,46)32-19-20-35(47-2)33(39)23-32)25-36(43)41(24-28-11-8-12-29(38)21-28)34(22-27-9-4-3-5-10-27)37(44)40-30-13-6-7-14-30/h3-5,8-12,15-21,23,30,34H,6-7,13-14,22,24-25H2,1-2H3,(H,40,44)/t34-/m0/s1. The number of ether oxygens (including phenoxy) is 1. The lowest BCUT2D eigenvalue weighted by atomic mass is 10.0. The van der Waals surface area contributed by atoms with Gasteiger partial charge in [-0.3, -0.25) is 13.9 Å². The van der Waals surface area contributed by atoms with Crippen molar-refractivity contribution in [1.82, 2.24) is 10.2 Å². The molecule has 0 aliphatic heterocycles. The lowest BCUT2D eigenvalue weighted by molar-refractivity contribution is -0.140. The Morgan fingerprint density at radius 2 is 1.58 bits per heavy atom. The van der Waals surface area contributed by atoms with Crippen LogP contribution in [0.15, 0.2) is 111 Å². The normalized spacial score (nSPS) is 13.9. The Kier molecular flexibility index (Phi) is 12.0. The van der Waals surface area contributed by atoms with Gasteiger partial charge in [0.15, 0.2) is 0 Å². The van der Waals surface area contributed by atoms with E-state index in [9.17, 15) is 18.0 Å². The van der Waals surface area contributed by atoms with Gasteiger partial charge in [-0.15, -0.1) is 0 Å². The highest BCUT2D eigenvalue weighted by Crippen LogP contribution is 2.31. The van der Waals surface area contributed by atoms with Crippen LogP contribution in [0.3, 0.4) is 0 Å². The van der Waals surface area contributed by atoms with Crippen LogP contribution in [-0.2, 0) is 32.6 Å². The Balaban J connectivity index is 1.57. The average molecular weight is 798 g/mol. The molecule has 1 N–H and O–H groups in total. The van der Waals surface area contributed by atoms with Gasteiger partial charge >= 0.3 is 0 Å². The summed E-state index contributed by atoms with van der Waals surface area (Å²) in [6, 6.07) is 27.7. The Labute approximate surface area is 299 Å². The Bertz CT molecular complexity index is 1830. The van der Waals surface area contributed by atoms with Gasteiger partial charge < -0.3 is 15.0 Å². The Hall–Kier alpha value is -3.67. The number of nitrogens with zero attached hydrogens (tertiary/aromatic N) is 2. The van der Waals surface area contributed by atoms with Crippen LogP contribution in [0.25, 0.3) is 0 Å². The summed E-state index contributed by atoms with van der Waals surface area (Å²) in [5, 5.41) is 3.21. The molecule has 0 radical (unpaired) electrons. The number of nitrogens with one attached hydrogen (secondary N) is 1. The molecule has 0 bridgehead atoms. The van der Waals surface area contributed by atoms with E-state index in [2.05, 4.69) is 37.2 Å². The minimum absolute atomic E-state index is 0.0121. The van der Waals surface area contributed by atoms with E-state index in [4.69, 9.17) is 4.74 Å². The third kappa shape index (κ3) is 8.86. The van der Waals surface area contributed by atoms with Crippen molar-refractivity contribution in [1.29, 1.82) is 0 Å². The molecule has 5 rings (SSSR count). The van der Waals surface area contributed by atoms with Crippen molar-refractivity contribution in [2.75, 3.05) is 18.0 Å². The summed E-state index contributed by atoms with van der Waals surface area (Å²) >= 11 is 6.93. The van der Waals surface area contributed by atoms with Crippen molar-refractivity contribution < 1.29 is 22.7 Å². The number of rotatable bonds is 13. The van der Waals surface area contributed by atoms with Gasteiger partial charge in [0.25, 0.3) is 10.0 Å². The fourth-order valence-corrected chi connectivity index (χ4v) is 8.51. The van der Waals surface area contributed by atoms with Crippen molar-refractivity contribution in [3.63, 3.8) is 0 Å². The molecule has 1 fully saturated rings. The van der Waals surface area contributed by atoms with Crippen LogP contribution in [-0.4, -0.2) is 50.9 Å². The molecule has 1 saturated carbocycles. The molecule has 1 aliphatic rings. The first-order chi connectivity index (χ1) is 23.0. The second-order valence-corrected chi connectivity index (χ2v) is 15.6. The van der Waals surface area contributed by atoms with Gasteiger partial charge in [-0.2, -0.15) is 0 Å². The summed E-state index contributed by atoms with van der Waals surface area (Å²) in [5.74, 6) is -0.281. The van der Waals surface area contributed by atoms with Crippen molar-refractivity contribution in [3.8, 4) is 5.75 Å². The quantitative estimate of drug-likeness (QED) is 0.152. The molecule has 4 aromatic carbocycles. The van der Waals surface area contributed by atoms with E-state index >= 15 is 0 Å². The van der Waals surface area contributed by atoms with Gasteiger partial charge in [0.2, 0.25) is 11.8 Å². The maximum absolute atomic E-state index is 14.7. The van der Waals surface area contributed by atoms with Crippen molar-refractivity contribution in [3.05, 3.63) is 123 Å². The molecule has 8 nitrogen and oxygen atoms in total. The topological polar surface area (TPSA) is 96.0 Å². The Morgan fingerprint density at radius 1 is 0.896 bits per heavy atom. The number of halogens is 2. The molecule has 1 atom stereocenters. The summed E-state index contributed by atoms with van der Waals surface area (Å²) in [6.07, 6.45) is 4.13. The van der Waals surface area contributed by atoms with Gasteiger partial charge in [0.05, 0.1) is 22.2 Å². The van der Waals surface area contributed by atoms with Crippen LogP contribution in [0.4, 0.5) is 5.69 Å². The first kappa shape index (κ1) is 35.6. The lowest BCUT2D eigenvalue weighted by Gasteiger charge is -2.34. The number of hydrogen-bond acceptors (Lipinski definition) is 5. The highest BCUT2D eigenvalue weighted by Gasteiger charge is 2.35. The van der Waals surface area contributed by atoms with Crippen LogP contribution in [0.5, 0.6) is 5.75 Å². The van der Waals surface area contributed by atoms with Crippen LogP contribution >= 0.6 is 31.9 Å². The van der Waals surface area contributed by atoms with E-state index < -0.39 is 28.5 Å². The predicted molar refractivity (Wildman–Crippen MR) is 195 cm³/mol. The number of aryl methyl sites for hydroxylation is 1. The average Bonchev–Trinajstić information content (AvgIpc) is 3.59. The van der Waals surface area contributed by atoms with E-state index in [1.807, 2.05) is 61.5 Å². The molecule has 1 aliphatic carbocycles. The van der Waals surface area contributed by atoms with Gasteiger partial charge in [0, 0.05) is 23.5 Å². The summed E-state index contributed by atoms with van der Waals surface area (Å²) in [7, 11) is -2.75. The molecule has 0 spiro atoms. The zero-order chi connectivity index (χ0) is 34.3. The predicted octanol–water partition coefficient (Wildman–Crippen LogP) is 7.42. The third-order valence-electron chi connectivity index (χ3n) is 8.53. The first-order valence-corrected chi connectivity index (χ1v) is 18.9. The fourth-order valence-electron chi connectivity index (χ4n) is 5.93. The number of methoxy groups -OCH3 is 1. The maximum Gasteiger partial charge on any atom is 0.264 e. The number of carbonyl (C=O) groups excluding carboxylic acids is 2. The van der Waals surface area contributed by atoms with Gasteiger partial charge in [0.1, 0.15) is 18.3 Å². The second-order valence-electron chi connectivity index (χ2n) is 12.0. The molecule has 0 saturated heterocycles. The number of hydrogen-bond donors (Lipinski definition) is 1. The summed E-state index contributed by atoms with van der Waals surface area (Å²) in [4.78, 5) is 30.4. The zero-order valence-electron chi connectivity index (χ0n) is 26.9. The Morgan fingerprint density at radius 3 is 2.23 bits per heavy atom. The monoisotopic (exact) mass is 795 g/mol. The van der Waals surface area contributed by atoms with Crippen molar-refractivity contribution in [2.45, 2.75) is 62.6 Å². The lowest BCUT2D eigenvalue weighted by Crippen LogP contribution is -2.54. The zero-order valence-corrected chi connectivity index (χ0v) is 30.9. The molecule has 0 aromatic heterocycles. The molecule has 4 aromatic rings. The SMILES string of the molecule is COc1ccc(S(=O)(=O)N(CC(=O)N(Cc2cccc(Br)c2)[C@@H](Cc2ccccc2)C(=O)NC2CCCC2)c2ccc(C)cc2)cc1Br. The van der Waals surface area contributed by atoms with Crippen LogP contribution in [0.2, 0.25) is 0 Å². The highest BCUT2D eigenvalue weighted by molar-refractivity contribution is 9.10. The summed E-state index contributed by atoms with van der Waals surface area (Å²) in [6.45, 7) is 1.49. The van der Waals surface area contributed by atoms with E-state index in [-0.39, 0.29) is 29.8 Å². The number of amides is 2. The third-order valence-corrected chi connectivity index (χ3v) is 11.4. The summed E-state index contributed by atoms with van der Waals surface area (Å²) < 4.78 is 36.5. The molecule has 11 heteroatoms. The maximum atomic E-state index is 14.7. The molecular weight excluding hydrogens is 758 g/mol. The molecule has 2 amide bonds. The van der Waals surface area contributed by atoms with E-state index in [0.29, 0.717) is 15.9 Å². The largest absolute Gasteiger partial charge is 0.496 e. The minimum Gasteiger partial charge on any atom is -0.496 e. The fraction of sp³-hybridized carbons (Fsp3) is 0.297. The highest BCUT2D eigenvalue weighted by atomic mass is 79.9. The summed E-state index contributed by atoms with van der Waals surface area (Å²) in [5.41, 5.74) is 2.96. The van der Waals surface area contributed by atoms with E-state index in [0.717, 1.165) is 51.2 Å². The van der Waals surface area contributed by atoms with Crippen LogP contribution < -0.4 is 14.4 Å².